The number of Topliss-reactive ketones (excluding diaryl/α,β-unsaturated/α-hetero) is 2. The number of allylic oxidation sites excluding steroid dienone is 4. The second kappa shape index (κ2) is 38.4. The van der Waals surface area contributed by atoms with Gasteiger partial charge in [0.15, 0.2) is 32.3 Å². The molecule has 5 N–H and O–H groups in total. The maximum atomic E-state index is 13.8. The number of nitrogens with one attached hydrogen (secondary N) is 2. The van der Waals surface area contributed by atoms with Gasteiger partial charge in [0.25, 0.3) is 11.8 Å². The van der Waals surface area contributed by atoms with Crippen molar-refractivity contribution >= 4 is 68.1 Å². The molecule has 4 bridgehead atoms. The number of fused-ring (bicyclic) bond motifs is 6. The Morgan fingerprint density at radius 1 is 0.700 bits per heavy atom. The van der Waals surface area contributed by atoms with Crippen molar-refractivity contribution in [1.29, 1.82) is 0 Å². The minimum absolute atomic E-state index is 0. The highest BCUT2D eigenvalue weighted by atomic mass is 32.2. The van der Waals surface area contributed by atoms with Crippen molar-refractivity contribution in [1.82, 2.24) is 30.4 Å². The molecular weight excluding hydrogens is 1200 g/mol. The number of esters is 2. The van der Waals surface area contributed by atoms with E-state index < -0.39 is 86.3 Å². The van der Waals surface area contributed by atoms with Crippen LogP contribution in [0.25, 0.3) is 0 Å². The van der Waals surface area contributed by atoms with Crippen LogP contribution < -0.4 is 10.6 Å². The first-order valence-corrected chi connectivity index (χ1v) is 32.5. The Balaban J connectivity index is 0.000000555. The second-order valence-corrected chi connectivity index (χ2v) is 25.9. The quantitative estimate of drug-likeness (QED) is 0.139. The number of aliphatic hydroxyl groups excluding tert-OH is 2. The van der Waals surface area contributed by atoms with Crippen molar-refractivity contribution in [3.8, 4) is 0 Å². The standard InChI is InChI=1S/C31H43N3O9S.C28H35N3O7.C3H8O2S.2CH4/c1-6-14-44(40,41)25-11-13-34-28(25)31(39)43-29(19(2)3)21(5)9-10-26(37)32-12-7-8-20(4)15-22(35)16-23(36)17-27-33-24(18-42-27)30(34)38;1-17(2)26-19(4)9-10-24(34)29-11-5-7-18(3)13-20(32)14-21(33)15-25-30-22(16-37-25)27(35)31-12-6-8-23(31)28(36)38-26;1-2-3-6(4)5;;/h7-10,15,18-19,21-22,25,28-29,35H,6,11-14,16-17H2,1-5H3,(H,32,37);5,7-10,13,16-17,19-20,26,32H,6,11-12,14-15H2,1-4H3,(H,29,34);2-3H2,1H3,(H,4,5);2*1H4/b8-7+,10-9+,20-15+;7-5?,10-9+,18-13?;;;/t21-,22-,25-,28-,29-;19-,20-,26-;;;/m11.../s1. The zero-order valence-electron chi connectivity index (χ0n) is 51.7. The van der Waals surface area contributed by atoms with Gasteiger partial charge in [0.05, 0.1) is 36.1 Å². The lowest BCUT2D eigenvalue weighted by molar-refractivity contribution is -0.158. The summed E-state index contributed by atoms with van der Waals surface area (Å²) in [5.74, 6) is -4.82. The molecule has 6 heterocycles. The number of ketones is 2. The average Bonchev–Trinajstić information content (AvgIpc) is 1.62. The molecule has 1 saturated heterocycles. The molecule has 2 aromatic heterocycles. The molecular formula is C64H94N6O18S2. The molecule has 4 amide bonds. The van der Waals surface area contributed by atoms with E-state index in [-0.39, 0.29) is 149 Å². The summed E-state index contributed by atoms with van der Waals surface area (Å²) in [4.78, 5) is 114. The molecule has 9 atom stereocenters. The number of nitrogens with zero attached hydrogens (tertiary/aromatic N) is 4. The molecule has 0 aliphatic carbocycles. The van der Waals surface area contributed by atoms with E-state index in [0.717, 1.165) is 29.4 Å². The normalized spacial score (nSPS) is 26.1. The maximum Gasteiger partial charge on any atom is 0.355 e. The summed E-state index contributed by atoms with van der Waals surface area (Å²) in [6.07, 6.45) is 17.3. The van der Waals surface area contributed by atoms with Crippen LogP contribution in [0.1, 0.15) is 155 Å². The van der Waals surface area contributed by atoms with Crippen molar-refractivity contribution in [2.75, 3.05) is 37.7 Å². The maximum absolute atomic E-state index is 13.8. The minimum atomic E-state index is -3.77. The van der Waals surface area contributed by atoms with E-state index in [1.807, 2.05) is 41.5 Å². The van der Waals surface area contributed by atoms with E-state index in [1.165, 1.54) is 23.1 Å². The predicted octanol–water partition coefficient (Wildman–Crippen LogP) is 6.89. The van der Waals surface area contributed by atoms with Gasteiger partial charge < -0.3 is 53.5 Å². The predicted molar refractivity (Wildman–Crippen MR) is 340 cm³/mol. The lowest BCUT2D eigenvalue weighted by Gasteiger charge is -2.31. The lowest BCUT2D eigenvalue weighted by Crippen LogP contribution is -2.50. The first-order chi connectivity index (χ1) is 41.5. The van der Waals surface area contributed by atoms with Crippen molar-refractivity contribution in [2.45, 2.75) is 171 Å². The van der Waals surface area contributed by atoms with Crippen molar-refractivity contribution in [3.63, 3.8) is 0 Å². The summed E-state index contributed by atoms with van der Waals surface area (Å²) in [5.41, 5.74) is 1.32. The van der Waals surface area contributed by atoms with Gasteiger partial charge in [0.2, 0.25) is 23.6 Å². The van der Waals surface area contributed by atoms with Crippen molar-refractivity contribution < 1.29 is 84.1 Å². The molecule has 0 radical (unpaired) electrons. The van der Waals surface area contributed by atoms with Gasteiger partial charge >= 0.3 is 11.9 Å². The zero-order chi connectivity index (χ0) is 65.4. The Morgan fingerprint density at radius 3 is 1.62 bits per heavy atom. The molecule has 6 rings (SSSR count). The number of oxazole rings is 2. The Labute approximate surface area is 532 Å². The second-order valence-electron chi connectivity index (χ2n) is 22.5. The number of aliphatic hydroxyl groups is 2. The molecule has 24 nitrogen and oxygen atoms in total. The number of aromatic nitrogens is 2. The van der Waals surface area contributed by atoms with E-state index in [2.05, 4.69) is 20.6 Å². The molecule has 4 aliphatic heterocycles. The largest absolute Gasteiger partial charge is 0.460 e. The molecule has 2 aromatic rings. The minimum Gasteiger partial charge on any atom is -0.460 e. The van der Waals surface area contributed by atoms with Crippen LogP contribution in [0.5, 0.6) is 0 Å². The van der Waals surface area contributed by atoms with Crippen LogP contribution in [-0.2, 0) is 72.0 Å². The summed E-state index contributed by atoms with van der Waals surface area (Å²) >= 11 is -1.57. The third-order valence-corrected chi connectivity index (χ3v) is 17.3. The fourth-order valence-corrected chi connectivity index (χ4v) is 12.3. The molecule has 1 unspecified atom stereocenters. The number of carbonyl (C=O) groups is 8. The van der Waals surface area contributed by atoms with Gasteiger partial charge in [-0.2, -0.15) is 0 Å². The number of amides is 4. The third kappa shape index (κ3) is 25.2. The van der Waals surface area contributed by atoms with Gasteiger partial charge in [0.1, 0.15) is 48.0 Å². The van der Waals surface area contributed by atoms with E-state index >= 15 is 0 Å². The van der Waals surface area contributed by atoms with Gasteiger partial charge in [-0.1, -0.05) is 136 Å². The highest BCUT2D eigenvalue weighted by Crippen LogP contribution is 2.31. The van der Waals surface area contributed by atoms with E-state index in [9.17, 15) is 61.2 Å². The Hall–Kier alpha value is -7.26. The highest BCUT2D eigenvalue weighted by Gasteiger charge is 2.50. The summed E-state index contributed by atoms with van der Waals surface area (Å²) in [7, 11) is -3.77. The number of rotatable bonds is 7. The Bertz CT molecular complexity index is 3130. The average molecular weight is 1300 g/mol. The number of ether oxygens (including phenoxy) is 2. The SMILES string of the molecule is C.C.CC1=C[C@@H](O)CC(=O)Cc2nc(co2)C(=O)N2CCC=C2C(=O)O[C@H](C(C)C)[C@H](C)/C=C/C(=O)NCC=C1.CCCS(=O)(=O)[C@@H]1CCN2C(=O)c3coc(n3)CC(=O)C[C@H](O)/C=C(C)/C=C/CNC(=O)/C=C/[C@@H](C)[C@@H](C(C)C)OC(=O)[C@@H]12.CCCS(=O)O. The monoisotopic (exact) mass is 1300 g/mol. The van der Waals surface area contributed by atoms with Gasteiger partial charge in [0, 0.05) is 56.6 Å². The van der Waals surface area contributed by atoms with Crippen LogP contribution in [0.4, 0.5) is 0 Å². The summed E-state index contributed by atoms with van der Waals surface area (Å²) in [6, 6.07) is -1.42. The zero-order valence-corrected chi connectivity index (χ0v) is 53.4. The van der Waals surface area contributed by atoms with Crippen molar-refractivity contribution in [2.24, 2.45) is 23.7 Å². The summed E-state index contributed by atoms with van der Waals surface area (Å²) in [6.45, 7) is 19.0. The number of carbonyl (C=O) groups excluding carboxylic acids is 8. The van der Waals surface area contributed by atoms with Crippen LogP contribution in [0.2, 0.25) is 0 Å². The molecule has 0 aromatic carbocycles. The van der Waals surface area contributed by atoms with Crippen LogP contribution in [0.15, 0.2) is 105 Å². The molecule has 0 spiro atoms. The van der Waals surface area contributed by atoms with E-state index in [4.69, 9.17) is 22.9 Å². The first-order valence-electron chi connectivity index (χ1n) is 29.5. The molecule has 90 heavy (non-hydrogen) atoms. The third-order valence-electron chi connectivity index (χ3n) is 14.1. The molecule has 1 fully saturated rings. The number of hydrogen-bond donors (Lipinski definition) is 5. The van der Waals surface area contributed by atoms with Gasteiger partial charge in [-0.25, -0.2) is 32.2 Å². The lowest BCUT2D eigenvalue weighted by atomic mass is 9.94. The number of cyclic esters (lactones) is 2. The number of sulfone groups is 1. The molecule has 4 aliphatic rings. The smallest absolute Gasteiger partial charge is 0.355 e. The highest BCUT2D eigenvalue weighted by molar-refractivity contribution is 7.92. The molecule has 0 saturated carbocycles. The van der Waals surface area contributed by atoms with Gasteiger partial charge in [-0.15, -0.1) is 0 Å². The molecule has 500 valence electrons. The van der Waals surface area contributed by atoms with Gasteiger partial charge in [-0.05, 0) is 63.5 Å². The van der Waals surface area contributed by atoms with Crippen LogP contribution >= 0.6 is 0 Å². The Kier molecular flexibility index (Phi) is 33.7. The summed E-state index contributed by atoms with van der Waals surface area (Å²) in [5, 5.41) is 24.9. The fourth-order valence-electron chi connectivity index (χ4n) is 9.99. The van der Waals surface area contributed by atoms with Gasteiger partial charge in [-0.3, -0.25) is 28.8 Å². The number of hydrogen-bond acceptors (Lipinski definition) is 19. The van der Waals surface area contributed by atoms with Crippen LogP contribution in [-0.4, -0.2) is 168 Å². The van der Waals surface area contributed by atoms with Crippen LogP contribution in [0.3, 0.4) is 0 Å². The topological polar surface area (TPSA) is 350 Å². The first kappa shape index (κ1) is 78.8. The molecule has 26 heteroatoms. The van der Waals surface area contributed by atoms with E-state index in [0.29, 0.717) is 24.2 Å². The van der Waals surface area contributed by atoms with Crippen LogP contribution in [0, 0.1) is 23.7 Å². The Morgan fingerprint density at radius 2 is 1.18 bits per heavy atom. The fraction of sp³-hybridized carbons (Fsp3) is 0.562. The summed E-state index contributed by atoms with van der Waals surface area (Å²) < 4.78 is 66.6. The van der Waals surface area contributed by atoms with Crippen molar-refractivity contribution in [3.05, 3.63) is 119 Å². The van der Waals surface area contributed by atoms with E-state index in [1.54, 1.807) is 76.3 Å².